The quantitative estimate of drug-likeness (QED) is 0.634. The molecule has 5 rings (SSSR count). The summed E-state index contributed by atoms with van der Waals surface area (Å²) in [4.78, 5) is 40.5. The smallest absolute Gasteiger partial charge is 0.290 e. The van der Waals surface area contributed by atoms with Gasteiger partial charge in [0.2, 0.25) is 0 Å². The summed E-state index contributed by atoms with van der Waals surface area (Å²) in [6.45, 7) is 6.94. The summed E-state index contributed by atoms with van der Waals surface area (Å²) in [5.74, 6) is 0.944. The van der Waals surface area contributed by atoms with Crippen LogP contribution in [-0.2, 0) is 9.59 Å². The van der Waals surface area contributed by atoms with Gasteiger partial charge in [0.1, 0.15) is 0 Å². The second kappa shape index (κ2) is 6.60. The molecule has 2 aliphatic carbocycles. The van der Waals surface area contributed by atoms with Crippen molar-refractivity contribution in [3.05, 3.63) is 10.5 Å². The number of nitrogens with one attached hydrogen (secondary N) is 1. The molecule has 2 saturated carbocycles. The van der Waals surface area contributed by atoms with Gasteiger partial charge in [0.15, 0.2) is 0 Å². The molecule has 6 heteroatoms. The number of rotatable bonds is 1. The molecule has 1 N–H and O–H groups in total. The van der Waals surface area contributed by atoms with E-state index >= 15 is 0 Å². The van der Waals surface area contributed by atoms with Crippen LogP contribution in [0.4, 0.5) is 4.79 Å². The van der Waals surface area contributed by atoms with Crippen molar-refractivity contribution in [3.63, 3.8) is 0 Å². The molecule has 3 heterocycles. The van der Waals surface area contributed by atoms with Gasteiger partial charge in [-0.05, 0) is 75.0 Å². The maximum Gasteiger partial charge on any atom is 0.290 e. The van der Waals surface area contributed by atoms with Gasteiger partial charge < -0.3 is 4.90 Å². The van der Waals surface area contributed by atoms with Crippen LogP contribution < -0.4 is 5.32 Å². The molecule has 5 nitrogen and oxygen atoms in total. The van der Waals surface area contributed by atoms with Gasteiger partial charge in [-0.25, -0.2) is 0 Å². The van der Waals surface area contributed by atoms with Crippen LogP contribution in [0.3, 0.4) is 0 Å². The summed E-state index contributed by atoms with van der Waals surface area (Å²) in [7, 11) is 0. The minimum atomic E-state index is -0.377. The van der Waals surface area contributed by atoms with E-state index in [2.05, 4.69) is 31.0 Å². The summed E-state index contributed by atoms with van der Waals surface area (Å²) in [5.41, 5.74) is 0.644. The highest BCUT2D eigenvalue weighted by Crippen LogP contribution is 2.62. The van der Waals surface area contributed by atoms with E-state index in [1.54, 1.807) is 0 Å². The first-order chi connectivity index (χ1) is 13.7. The number of imide groups is 1. The highest BCUT2D eigenvalue weighted by atomic mass is 32.2. The monoisotopic (exact) mass is 416 g/mol. The van der Waals surface area contributed by atoms with Crippen molar-refractivity contribution in [3.8, 4) is 0 Å². The number of hydrogen-bond donors (Lipinski definition) is 1. The van der Waals surface area contributed by atoms with Gasteiger partial charge in [-0.15, -0.1) is 0 Å². The van der Waals surface area contributed by atoms with Gasteiger partial charge in [-0.1, -0.05) is 32.6 Å². The minimum Gasteiger partial charge on any atom is -0.330 e. The first-order valence-electron chi connectivity index (χ1n) is 11.3. The van der Waals surface area contributed by atoms with Crippen LogP contribution in [0.25, 0.3) is 0 Å². The second-order valence-corrected chi connectivity index (χ2v) is 11.7. The number of carbonyl (C=O) groups is 3. The minimum absolute atomic E-state index is 0.00921. The summed E-state index contributed by atoms with van der Waals surface area (Å²) in [5, 5.41) is 2.01. The Hall–Kier alpha value is -1.30. The maximum atomic E-state index is 13.7. The van der Waals surface area contributed by atoms with Crippen LogP contribution in [0.15, 0.2) is 10.5 Å². The van der Waals surface area contributed by atoms with E-state index in [1.165, 1.54) is 38.5 Å². The zero-order valence-electron chi connectivity index (χ0n) is 17.8. The fourth-order valence-electron chi connectivity index (χ4n) is 7.79. The SMILES string of the molecule is CC1(C2CCCCC2)CC(C)(C)N2C(=O)/C(=C3/SC(=O)NC3=O)C3CCCC1C32. The molecule has 3 amide bonds. The molecule has 29 heavy (non-hydrogen) atoms. The topological polar surface area (TPSA) is 66.5 Å². The average Bonchev–Trinajstić information content (AvgIpc) is 3.16. The van der Waals surface area contributed by atoms with Crippen molar-refractivity contribution in [1.29, 1.82) is 0 Å². The standard InChI is InChI=1S/C23H32N2O3S/c1-22(2)12-23(3,13-8-5-4-6-9-13)15-11-7-10-14-16(20(27)25(22)17(14)15)18-19(26)24-21(28)29-18/h13-15,17H,4-12H2,1-3H3,(H,24,26,28)/b18-16+. The molecule has 5 fully saturated rings. The van der Waals surface area contributed by atoms with Crippen molar-refractivity contribution in [1.82, 2.24) is 10.2 Å². The predicted octanol–water partition coefficient (Wildman–Crippen LogP) is 4.62. The van der Waals surface area contributed by atoms with E-state index in [9.17, 15) is 14.4 Å². The van der Waals surface area contributed by atoms with Gasteiger partial charge in [0.25, 0.3) is 17.1 Å². The third-order valence-corrected chi connectivity index (χ3v) is 9.58. The Kier molecular flexibility index (Phi) is 4.47. The van der Waals surface area contributed by atoms with Crippen LogP contribution in [0.2, 0.25) is 0 Å². The van der Waals surface area contributed by atoms with Gasteiger partial charge in [0, 0.05) is 23.1 Å². The molecular weight excluding hydrogens is 384 g/mol. The van der Waals surface area contributed by atoms with Crippen molar-refractivity contribution in [2.24, 2.45) is 23.2 Å². The molecule has 4 atom stereocenters. The first-order valence-corrected chi connectivity index (χ1v) is 12.2. The van der Waals surface area contributed by atoms with Gasteiger partial charge >= 0.3 is 0 Å². The summed E-state index contributed by atoms with van der Waals surface area (Å²) < 4.78 is 0. The zero-order valence-corrected chi connectivity index (χ0v) is 18.6. The Morgan fingerprint density at radius 1 is 0.966 bits per heavy atom. The highest BCUT2D eigenvalue weighted by Gasteiger charge is 2.64. The Balaban J connectivity index is 1.61. The summed E-state index contributed by atoms with van der Waals surface area (Å²) in [6.07, 6.45) is 10.9. The molecular formula is C23H32N2O3S. The van der Waals surface area contributed by atoms with E-state index in [0.29, 0.717) is 16.4 Å². The van der Waals surface area contributed by atoms with Crippen molar-refractivity contribution < 1.29 is 14.4 Å². The number of hydrogen-bond acceptors (Lipinski definition) is 4. The summed E-state index contributed by atoms with van der Waals surface area (Å²) >= 11 is 0.925. The Labute approximate surface area is 177 Å². The Morgan fingerprint density at radius 2 is 1.69 bits per heavy atom. The van der Waals surface area contributed by atoms with Crippen LogP contribution in [0.1, 0.15) is 78.6 Å². The number of amides is 3. The van der Waals surface area contributed by atoms with E-state index in [4.69, 9.17) is 0 Å². The largest absolute Gasteiger partial charge is 0.330 e. The molecule has 0 bridgehead atoms. The average molecular weight is 417 g/mol. The van der Waals surface area contributed by atoms with Gasteiger partial charge in [0.05, 0.1) is 4.91 Å². The van der Waals surface area contributed by atoms with Gasteiger partial charge in [-0.3, -0.25) is 19.7 Å². The van der Waals surface area contributed by atoms with E-state index in [-0.39, 0.29) is 40.0 Å². The molecule has 0 radical (unpaired) electrons. The number of piperidine rings is 1. The molecule has 158 valence electrons. The predicted molar refractivity (Wildman–Crippen MR) is 113 cm³/mol. The summed E-state index contributed by atoms with van der Waals surface area (Å²) in [6, 6.07) is 0.179. The number of thioether (sulfide) groups is 1. The van der Waals surface area contributed by atoms with Crippen LogP contribution >= 0.6 is 11.8 Å². The highest BCUT2D eigenvalue weighted by molar-refractivity contribution is 8.18. The molecule has 0 spiro atoms. The molecule has 0 aromatic rings. The fourth-order valence-corrected chi connectivity index (χ4v) is 8.61. The van der Waals surface area contributed by atoms with E-state index in [1.807, 2.05) is 0 Å². The van der Waals surface area contributed by atoms with Crippen molar-refractivity contribution in [2.45, 2.75) is 90.1 Å². The maximum absolute atomic E-state index is 13.7. The van der Waals surface area contributed by atoms with Crippen LogP contribution in [0.5, 0.6) is 0 Å². The molecule has 0 aromatic carbocycles. The lowest BCUT2D eigenvalue weighted by molar-refractivity contribution is -0.155. The lowest BCUT2D eigenvalue weighted by Gasteiger charge is -2.61. The van der Waals surface area contributed by atoms with Crippen molar-refractivity contribution in [2.75, 3.05) is 0 Å². The Bertz CT molecular complexity index is 813. The lowest BCUT2D eigenvalue weighted by atomic mass is 9.51. The number of carbonyl (C=O) groups excluding carboxylic acids is 3. The molecule has 0 aromatic heterocycles. The van der Waals surface area contributed by atoms with E-state index in [0.717, 1.165) is 36.9 Å². The molecule has 3 aliphatic heterocycles. The third-order valence-electron chi connectivity index (χ3n) is 8.68. The fraction of sp³-hybridized carbons (Fsp3) is 0.783. The first kappa shape index (κ1) is 19.7. The number of nitrogens with zero attached hydrogens (tertiary/aromatic N) is 1. The van der Waals surface area contributed by atoms with E-state index < -0.39 is 0 Å². The normalized spacial score (nSPS) is 42.2. The lowest BCUT2D eigenvalue weighted by Crippen LogP contribution is -2.64. The third kappa shape index (κ3) is 2.77. The van der Waals surface area contributed by atoms with Crippen LogP contribution in [0, 0.1) is 23.2 Å². The van der Waals surface area contributed by atoms with Gasteiger partial charge in [-0.2, -0.15) is 0 Å². The van der Waals surface area contributed by atoms with Crippen molar-refractivity contribution >= 4 is 28.8 Å². The molecule has 5 aliphatic rings. The second-order valence-electron chi connectivity index (χ2n) is 10.7. The molecule has 4 unspecified atom stereocenters. The Morgan fingerprint density at radius 3 is 2.34 bits per heavy atom. The zero-order chi connectivity index (χ0) is 20.6. The molecule has 3 saturated heterocycles. The van der Waals surface area contributed by atoms with Crippen LogP contribution in [-0.4, -0.2) is 33.5 Å².